The molecule has 2 N–H and O–H groups in total. The molecule has 162 valence electrons. The van der Waals surface area contributed by atoms with Crippen molar-refractivity contribution in [3.8, 4) is 5.88 Å². The first-order chi connectivity index (χ1) is 15.2. The number of benzene rings is 1. The average molecular weight is 428 g/mol. The summed E-state index contributed by atoms with van der Waals surface area (Å²) in [5, 5.41) is 18.9. The Balaban J connectivity index is 1.51. The van der Waals surface area contributed by atoms with E-state index in [0.717, 1.165) is 0 Å². The van der Waals surface area contributed by atoms with Gasteiger partial charge in [-0.1, -0.05) is 0 Å². The summed E-state index contributed by atoms with van der Waals surface area (Å²) >= 11 is 0. The molecule has 1 aromatic carbocycles. The van der Waals surface area contributed by atoms with Crippen molar-refractivity contribution < 1.29 is 19.0 Å². The lowest BCUT2D eigenvalue weighted by atomic mass is 10.2. The van der Waals surface area contributed by atoms with E-state index < -0.39 is 5.82 Å². The molecule has 0 atom stereocenters. The number of hydrogen-bond acceptors (Lipinski definition) is 10. The monoisotopic (exact) mass is 428 g/mol. The van der Waals surface area contributed by atoms with Crippen molar-refractivity contribution in [1.82, 2.24) is 19.9 Å². The minimum atomic E-state index is -0.438. The Bertz CT molecular complexity index is 1070. The van der Waals surface area contributed by atoms with Crippen LogP contribution in [-0.2, 0) is 9.47 Å². The van der Waals surface area contributed by atoms with Crippen molar-refractivity contribution in [3.05, 3.63) is 24.0 Å². The Hall–Kier alpha value is -3.38. The first kappa shape index (κ1) is 19.6. The molecule has 0 aliphatic carbocycles. The minimum Gasteiger partial charge on any atom is -0.493 e. The van der Waals surface area contributed by atoms with Crippen molar-refractivity contribution in [1.29, 1.82) is 0 Å². The summed E-state index contributed by atoms with van der Waals surface area (Å²) in [6.45, 7) is 4.98. The fourth-order valence-electron chi connectivity index (χ4n) is 3.53. The normalized spacial score (nSPS) is 17.7. The van der Waals surface area contributed by atoms with Crippen molar-refractivity contribution in [2.45, 2.75) is 0 Å². The highest BCUT2D eigenvalue weighted by molar-refractivity contribution is 5.94. The van der Waals surface area contributed by atoms with Crippen molar-refractivity contribution in [2.75, 3.05) is 62.4 Å². The summed E-state index contributed by atoms with van der Waals surface area (Å²) in [5.41, 5.74) is 0.669. The molecule has 2 saturated heterocycles. The van der Waals surface area contributed by atoms with Gasteiger partial charge in [-0.3, -0.25) is 0 Å². The Kier molecular flexibility index (Phi) is 5.30. The second-order valence-electron chi connectivity index (χ2n) is 7.15. The summed E-state index contributed by atoms with van der Waals surface area (Å²) in [4.78, 5) is 20.3. The lowest BCUT2D eigenvalue weighted by Gasteiger charge is -2.29. The fourth-order valence-corrected chi connectivity index (χ4v) is 3.53. The summed E-state index contributed by atoms with van der Waals surface area (Å²) in [6.07, 6.45) is 0. The van der Waals surface area contributed by atoms with Crippen LogP contribution < -0.4 is 9.80 Å². The Morgan fingerprint density at radius 1 is 0.903 bits per heavy atom. The molecule has 31 heavy (non-hydrogen) atoms. The van der Waals surface area contributed by atoms with Crippen molar-refractivity contribution in [2.24, 2.45) is 10.2 Å². The fraction of sp³-hybridized carbons (Fsp3) is 0.421. The zero-order chi connectivity index (χ0) is 21.2. The Labute approximate surface area is 176 Å². The van der Waals surface area contributed by atoms with Gasteiger partial charge in [-0.05, 0) is 18.2 Å². The number of aromatic amines is 1. The number of azo groups is 1. The Morgan fingerprint density at radius 3 is 2.13 bits per heavy atom. The number of nitrogens with zero attached hydrogens (tertiary/aromatic N) is 7. The molecule has 4 heterocycles. The van der Waals surface area contributed by atoms with Gasteiger partial charge >= 0.3 is 0 Å². The van der Waals surface area contributed by atoms with E-state index in [1.807, 2.05) is 9.80 Å². The number of anilines is 2. The van der Waals surface area contributed by atoms with E-state index in [0.29, 0.717) is 75.4 Å². The molecule has 0 saturated carbocycles. The summed E-state index contributed by atoms with van der Waals surface area (Å²) in [7, 11) is 0. The van der Waals surface area contributed by atoms with Crippen LogP contribution in [0.1, 0.15) is 0 Å². The second kappa shape index (κ2) is 8.40. The number of aromatic nitrogens is 4. The van der Waals surface area contributed by atoms with Gasteiger partial charge in [0.15, 0.2) is 5.69 Å². The van der Waals surface area contributed by atoms with Gasteiger partial charge in [0.2, 0.25) is 17.8 Å². The zero-order valence-corrected chi connectivity index (χ0v) is 16.7. The highest BCUT2D eigenvalue weighted by Gasteiger charge is 2.21. The molecule has 2 aromatic heterocycles. The predicted octanol–water partition coefficient (Wildman–Crippen LogP) is 2.29. The maximum absolute atomic E-state index is 13.7. The van der Waals surface area contributed by atoms with E-state index in [1.54, 1.807) is 0 Å². The van der Waals surface area contributed by atoms with E-state index in [2.05, 4.69) is 30.2 Å². The van der Waals surface area contributed by atoms with Crippen LogP contribution >= 0.6 is 0 Å². The number of aromatic hydroxyl groups is 1. The van der Waals surface area contributed by atoms with Gasteiger partial charge < -0.3 is 29.4 Å². The van der Waals surface area contributed by atoms with Crippen LogP contribution in [0.25, 0.3) is 10.9 Å². The largest absolute Gasteiger partial charge is 0.493 e. The molecule has 0 radical (unpaired) electrons. The second-order valence-corrected chi connectivity index (χ2v) is 7.15. The van der Waals surface area contributed by atoms with Gasteiger partial charge in [0, 0.05) is 31.6 Å². The molecule has 5 rings (SSSR count). The summed E-state index contributed by atoms with van der Waals surface area (Å²) in [5.74, 6) is 0.432. The molecule has 11 nitrogen and oxygen atoms in total. The number of ether oxygens (including phenoxy) is 2. The minimum absolute atomic E-state index is 0.100. The van der Waals surface area contributed by atoms with Gasteiger partial charge in [-0.25, -0.2) is 4.39 Å². The molecule has 2 fully saturated rings. The van der Waals surface area contributed by atoms with E-state index >= 15 is 0 Å². The molecule has 0 unspecified atom stereocenters. The third-order valence-electron chi connectivity index (χ3n) is 5.14. The van der Waals surface area contributed by atoms with E-state index in [4.69, 9.17) is 9.47 Å². The smallest absolute Gasteiger partial charge is 0.275 e. The van der Waals surface area contributed by atoms with Gasteiger partial charge in [0.05, 0.1) is 31.9 Å². The van der Waals surface area contributed by atoms with Crippen LogP contribution in [0.4, 0.5) is 27.9 Å². The molecular formula is C19H21FN8O3. The first-order valence-electron chi connectivity index (χ1n) is 10.0. The average Bonchev–Trinajstić information content (AvgIpc) is 3.12. The predicted molar refractivity (Wildman–Crippen MR) is 110 cm³/mol. The number of morpholine rings is 2. The summed E-state index contributed by atoms with van der Waals surface area (Å²) in [6, 6.07) is 4.11. The molecule has 2 aliphatic rings. The third kappa shape index (κ3) is 4.11. The molecule has 0 bridgehead atoms. The van der Waals surface area contributed by atoms with Crippen LogP contribution in [0.15, 0.2) is 28.4 Å². The van der Waals surface area contributed by atoms with Gasteiger partial charge in [-0.2, -0.15) is 15.0 Å². The van der Waals surface area contributed by atoms with E-state index in [-0.39, 0.29) is 17.5 Å². The highest BCUT2D eigenvalue weighted by Crippen LogP contribution is 2.36. The number of halogens is 1. The lowest BCUT2D eigenvalue weighted by Crippen LogP contribution is -2.39. The first-order valence-corrected chi connectivity index (χ1v) is 10.0. The third-order valence-corrected chi connectivity index (χ3v) is 5.14. The van der Waals surface area contributed by atoms with Gasteiger partial charge in [-0.15, -0.1) is 10.2 Å². The number of H-pyrrole nitrogens is 1. The van der Waals surface area contributed by atoms with Crippen LogP contribution in [0.3, 0.4) is 0 Å². The van der Waals surface area contributed by atoms with Crippen LogP contribution in [-0.4, -0.2) is 77.6 Å². The van der Waals surface area contributed by atoms with Gasteiger partial charge in [0.25, 0.3) is 5.95 Å². The molecule has 3 aromatic rings. The van der Waals surface area contributed by atoms with Gasteiger partial charge in [0.1, 0.15) is 5.82 Å². The number of nitrogens with one attached hydrogen (secondary N) is 1. The standard InChI is InChI=1S/C19H21FN8O3/c20-12-1-2-14-13(11-12)15(16(29)21-14)25-26-17-22-18(27-3-7-30-8-4-27)24-19(23-17)28-5-9-31-10-6-28/h1-2,11,21,29H,3-10H2. The maximum Gasteiger partial charge on any atom is 0.275 e. The Morgan fingerprint density at radius 2 is 1.52 bits per heavy atom. The highest BCUT2D eigenvalue weighted by atomic mass is 19.1. The van der Waals surface area contributed by atoms with Crippen LogP contribution in [0.2, 0.25) is 0 Å². The molecule has 0 spiro atoms. The SMILES string of the molecule is Oc1[nH]c2ccc(F)cc2c1N=Nc1nc(N2CCOCC2)nc(N2CCOCC2)n1. The maximum atomic E-state index is 13.7. The number of hydrogen-bond donors (Lipinski definition) is 2. The molecular weight excluding hydrogens is 407 g/mol. The van der Waals surface area contributed by atoms with Crippen LogP contribution in [0, 0.1) is 5.82 Å². The van der Waals surface area contributed by atoms with Crippen molar-refractivity contribution >= 4 is 34.4 Å². The lowest BCUT2D eigenvalue weighted by molar-refractivity contribution is 0.121. The van der Waals surface area contributed by atoms with Crippen LogP contribution in [0.5, 0.6) is 5.88 Å². The topological polar surface area (TPSA) is 124 Å². The number of rotatable bonds is 4. The molecule has 0 amide bonds. The quantitative estimate of drug-likeness (QED) is 0.607. The number of fused-ring (bicyclic) bond motifs is 1. The molecule has 2 aliphatic heterocycles. The summed E-state index contributed by atoms with van der Waals surface area (Å²) < 4.78 is 24.5. The van der Waals surface area contributed by atoms with E-state index in [1.165, 1.54) is 18.2 Å². The molecule has 12 heteroatoms. The zero-order valence-electron chi connectivity index (χ0n) is 16.7. The van der Waals surface area contributed by atoms with E-state index in [9.17, 15) is 9.50 Å². The van der Waals surface area contributed by atoms with Crippen molar-refractivity contribution in [3.63, 3.8) is 0 Å².